The number of aryl methyl sites for hydroxylation is 4. The van der Waals surface area contributed by atoms with E-state index >= 15 is 0 Å². The number of halogens is 2. The van der Waals surface area contributed by atoms with Gasteiger partial charge in [-0.3, -0.25) is 6.08 Å². The van der Waals surface area contributed by atoms with Crippen LogP contribution in [0.3, 0.4) is 0 Å². The van der Waals surface area contributed by atoms with Crippen molar-refractivity contribution in [2.24, 2.45) is 5.41 Å². The van der Waals surface area contributed by atoms with E-state index in [2.05, 4.69) is 188 Å². The Kier molecular flexibility index (Phi) is 15.4. The molecule has 0 saturated carbocycles. The number of hydrogen-bond acceptors (Lipinski definition) is 0. The second kappa shape index (κ2) is 17.6. The zero-order valence-corrected chi connectivity index (χ0v) is 37.5. The summed E-state index contributed by atoms with van der Waals surface area (Å²) in [5.74, 6) is 0. The van der Waals surface area contributed by atoms with E-state index < -0.39 is 0 Å². The third-order valence-corrected chi connectivity index (χ3v) is 10.9. The standard InChI is InChI=1S/C23H29.C15H14.C10H15.2ClH.Zr/c1-14-9-16-11-17-10-15(2)21(23(6,7)8)13-19(17)18(16)12-20(14)22(3,4)5;1-12-3-7-14(8-4-12)11-15-9-5-13(2)6-10-15;1-8-6-5-7-9(8)10(2,3)4;;;/h9-13H,1-8H3;3-10H,1-2H3;6H,5H2,1-4H3;2*1H;/q-1;;-1;;;+2/p-2. The van der Waals surface area contributed by atoms with Crippen LogP contribution in [0.25, 0.3) is 21.5 Å². The monoisotopic (exact) mass is 794 g/mol. The van der Waals surface area contributed by atoms with Gasteiger partial charge in [0.05, 0.1) is 0 Å². The largest absolute Gasteiger partial charge is 1.00 e. The Morgan fingerprint density at radius 1 is 0.569 bits per heavy atom. The van der Waals surface area contributed by atoms with Crippen molar-refractivity contribution in [2.75, 3.05) is 0 Å². The van der Waals surface area contributed by atoms with Crippen LogP contribution in [0.15, 0.2) is 96.1 Å². The Hall–Kier alpha value is -2.44. The van der Waals surface area contributed by atoms with Crippen LogP contribution in [0, 0.1) is 39.2 Å². The normalized spacial score (nSPS) is 12.9. The molecule has 0 spiro atoms. The third-order valence-electron chi connectivity index (χ3n) is 9.52. The Balaban J connectivity index is 0.000000281. The van der Waals surface area contributed by atoms with E-state index in [0.717, 1.165) is 6.42 Å². The van der Waals surface area contributed by atoms with Crippen LogP contribution in [-0.2, 0) is 35.1 Å². The van der Waals surface area contributed by atoms with Crippen molar-refractivity contribution in [3.05, 3.63) is 147 Å². The summed E-state index contributed by atoms with van der Waals surface area (Å²) in [6, 6.07) is 29.5. The van der Waals surface area contributed by atoms with E-state index in [1.54, 1.807) is 0 Å². The molecule has 0 nitrogen and oxygen atoms in total. The minimum atomic E-state index is 0. The second-order valence-corrected chi connectivity index (χ2v) is 18.4. The maximum Gasteiger partial charge on any atom is -1.00 e. The predicted molar refractivity (Wildman–Crippen MR) is 214 cm³/mol. The average molecular weight is 797 g/mol. The van der Waals surface area contributed by atoms with Crippen molar-refractivity contribution < 1.29 is 49.0 Å². The molecule has 5 aromatic rings. The number of rotatable bonds is 2. The fraction of sp³-hybridized carbons (Fsp3) is 0.375. The molecule has 0 N–H and O–H groups in total. The van der Waals surface area contributed by atoms with Crippen LogP contribution in [0.5, 0.6) is 0 Å². The van der Waals surface area contributed by atoms with E-state index in [1.807, 2.05) is 0 Å². The molecular weight excluding hydrogens is 739 g/mol. The Labute approximate surface area is 337 Å². The maximum atomic E-state index is 3.37. The summed E-state index contributed by atoms with van der Waals surface area (Å²) in [7, 11) is 0. The topological polar surface area (TPSA) is 0 Å². The molecule has 0 bridgehead atoms. The molecule has 51 heavy (non-hydrogen) atoms. The van der Waals surface area contributed by atoms with Crippen molar-refractivity contribution in [3.8, 4) is 0 Å². The molecule has 0 unspecified atom stereocenters. The van der Waals surface area contributed by atoms with Gasteiger partial charge in [-0.1, -0.05) is 96.7 Å². The number of hydrogen-bond donors (Lipinski definition) is 0. The van der Waals surface area contributed by atoms with Crippen molar-refractivity contribution in [1.82, 2.24) is 0 Å². The molecule has 0 aromatic heterocycles. The smallest absolute Gasteiger partial charge is 1.00 e. The fourth-order valence-electron chi connectivity index (χ4n) is 6.96. The van der Waals surface area contributed by atoms with Gasteiger partial charge in [-0.2, -0.15) is 6.08 Å². The molecule has 0 amide bonds. The van der Waals surface area contributed by atoms with Crippen molar-refractivity contribution in [2.45, 2.75) is 114 Å². The molecule has 5 aromatic carbocycles. The summed E-state index contributed by atoms with van der Waals surface area (Å²) in [6.07, 6.45) is 6.62. The van der Waals surface area contributed by atoms with Gasteiger partial charge in [-0.25, -0.2) is 11.1 Å². The molecule has 1 aliphatic rings. The molecule has 6 rings (SSSR count). The minimum Gasteiger partial charge on any atom is -1.00 e. The summed E-state index contributed by atoms with van der Waals surface area (Å²) in [6.45, 7) is 31.4. The van der Waals surface area contributed by atoms with Crippen LogP contribution in [0.2, 0.25) is 0 Å². The summed E-state index contributed by atoms with van der Waals surface area (Å²) in [4.78, 5) is 0. The Morgan fingerprint density at radius 2 is 0.941 bits per heavy atom. The molecule has 0 heterocycles. The number of benzene rings is 4. The van der Waals surface area contributed by atoms with Crippen molar-refractivity contribution in [3.63, 3.8) is 0 Å². The second-order valence-electron chi connectivity index (χ2n) is 17.2. The van der Waals surface area contributed by atoms with Gasteiger partial charge >= 0.3 is 112 Å². The Bertz CT molecular complexity index is 1890. The first kappa shape index (κ1) is 44.7. The summed E-state index contributed by atoms with van der Waals surface area (Å²) in [5, 5.41) is 5.55. The van der Waals surface area contributed by atoms with E-state index in [9.17, 15) is 0 Å². The first-order valence-corrected chi connectivity index (χ1v) is 19.1. The van der Waals surface area contributed by atoms with Gasteiger partial charge in [0.1, 0.15) is 0 Å². The van der Waals surface area contributed by atoms with Crippen LogP contribution in [0.4, 0.5) is 0 Å². The van der Waals surface area contributed by atoms with Gasteiger partial charge in [-0.05, 0) is 30.1 Å². The van der Waals surface area contributed by atoms with Crippen molar-refractivity contribution >= 4 is 24.8 Å². The molecule has 1 aliphatic carbocycles. The quantitative estimate of drug-likeness (QED) is 0.163. The van der Waals surface area contributed by atoms with E-state index in [0.29, 0.717) is 0 Å². The molecule has 0 saturated heterocycles. The molecule has 270 valence electrons. The summed E-state index contributed by atoms with van der Waals surface area (Å²) in [5.41, 5.74) is 14.5. The van der Waals surface area contributed by atoms with Gasteiger partial charge in [0.2, 0.25) is 0 Å². The molecule has 0 radical (unpaired) electrons. The van der Waals surface area contributed by atoms with Crippen LogP contribution >= 0.6 is 0 Å². The van der Waals surface area contributed by atoms with Crippen LogP contribution < -0.4 is 24.8 Å². The first-order chi connectivity index (χ1) is 22.7. The molecule has 0 aliphatic heterocycles. The minimum absolute atomic E-state index is 0. The van der Waals surface area contributed by atoms with Crippen LogP contribution in [-0.4, -0.2) is 3.21 Å². The first-order valence-electron chi connectivity index (χ1n) is 17.8. The van der Waals surface area contributed by atoms with E-state index in [4.69, 9.17) is 0 Å². The maximum absolute atomic E-state index is 3.37. The van der Waals surface area contributed by atoms with Gasteiger partial charge in [0.25, 0.3) is 0 Å². The zero-order chi connectivity index (χ0) is 36.5. The van der Waals surface area contributed by atoms with Crippen molar-refractivity contribution in [1.29, 1.82) is 0 Å². The van der Waals surface area contributed by atoms with Gasteiger partial charge in [-0.15, -0.1) is 53.1 Å². The third kappa shape index (κ3) is 11.3. The Morgan fingerprint density at radius 3 is 1.22 bits per heavy atom. The van der Waals surface area contributed by atoms with Crippen LogP contribution in [0.1, 0.15) is 120 Å². The van der Waals surface area contributed by atoms with E-state index in [1.165, 1.54) is 105 Å². The molecule has 0 atom stereocenters. The number of allylic oxidation sites excluding steroid dienone is 4. The number of fused-ring (bicyclic) bond motifs is 3. The molecular formula is C48H58Cl2Zr-2. The van der Waals surface area contributed by atoms with E-state index in [-0.39, 0.29) is 41.1 Å². The zero-order valence-electron chi connectivity index (χ0n) is 33.5. The van der Waals surface area contributed by atoms with Gasteiger partial charge in [0.15, 0.2) is 0 Å². The average Bonchev–Trinajstić information content (AvgIpc) is 3.58. The summed E-state index contributed by atoms with van der Waals surface area (Å²) < 4.78 is 1.42. The predicted octanol–water partition coefficient (Wildman–Crippen LogP) is 7.46. The summed E-state index contributed by atoms with van der Waals surface area (Å²) >= 11 is 1.46. The van der Waals surface area contributed by atoms with Gasteiger partial charge in [0, 0.05) is 0 Å². The molecule has 3 heteroatoms. The fourth-order valence-corrected chi connectivity index (χ4v) is 7.78. The molecule has 0 fully saturated rings. The van der Waals surface area contributed by atoms with Gasteiger partial charge < -0.3 is 24.8 Å². The SMILES string of the molecule is CC1=CC[C-]=C1C(C)(C)C.Cc1cc2[cH-]c3cc(C)c(C(C)(C)C)cc3c2cc1C(C)(C)C.Cc1ccc([C](=[Zr+2])c2ccc(C)cc2)cc1.[Cl-].[Cl-].